The van der Waals surface area contributed by atoms with Crippen LogP contribution in [0.25, 0.3) is 0 Å². The van der Waals surface area contributed by atoms with E-state index in [1.54, 1.807) is 6.20 Å². The minimum atomic E-state index is 0. The Morgan fingerprint density at radius 1 is 1.36 bits per heavy atom. The summed E-state index contributed by atoms with van der Waals surface area (Å²) in [6.07, 6.45) is 2.47. The Hall–Kier alpha value is -0.380. The lowest BCUT2D eigenvalue weighted by Gasteiger charge is -1.91. The van der Waals surface area contributed by atoms with Gasteiger partial charge in [-0.15, -0.1) is 24.8 Å². The van der Waals surface area contributed by atoms with Gasteiger partial charge in [0.1, 0.15) is 0 Å². The van der Waals surface area contributed by atoms with Gasteiger partial charge in [-0.25, -0.2) is 0 Å². The zero-order chi connectivity index (χ0) is 6.53. The molecule has 3 nitrogen and oxygen atoms in total. The molecule has 0 aliphatic rings. The highest BCUT2D eigenvalue weighted by atomic mass is 35.5. The van der Waals surface area contributed by atoms with Crippen LogP contribution >= 0.6 is 24.8 Å². The molecule has 0 aliphatic heterocycles. The van der Waals surface area contributed by atoms with Gasteiger partial charge in [0, 0.05) is 12.6 Å². The van der Waals surface area contributed by atoms with E-state index in [2.05, 4.69) is 10.2 Å². The number of rotatable bonds is 2. The van der Waals surface area contributed by atoms with Gasteiger partial charge in [0.25, 0.3) is 0 Å². The Morgan fingerprint density at radius 3 is 2.55 bits per heavy atom. The van der Waals surface area contributed by atoms with E-state index in [4.69, 9.17) is 5.73 Å². The van der Waals surface area contributed by atoms with Crippen molar-refractivity contribution in [1.29, 1.82) is 0 Å². The number of nitrogens with zero attached hydrogens (tertiary/aromatic N) is 2. The van der Waals surface area contributed by atoms with E-state index >= 15 is 0 Å². The molecule has 0 saturated carbocycles. The van der Waals surface area contributed by atoms with E-state index in [1.807, 2.05) is 12.1 Å². The molecule has 0 spiro atoms. The highest BCUT2D eigenvalue weighted by Crippen LogP contribution is 1.88. The van der Waals surface area contributed by atoms with Crippen molar-refractivity contribution in [3.63, 3.8) is 0 Å². The van der Waals surface area contributed by atoms with Crippen LogP contribution in [0.15, 0.2) is 18.3 Å². The molecular weight excluding hydrogens is 185 g/mol. The third kappa shape index (κ3) is 4.95. The van der Waals surface area contributed by atoms with Crippen LogP contribution in [-0.4, -0.2) is 16.7 Å². The predicted octanol–water partition coefficient (Wildman–Crippen LogP) is 0.821. The van der Waals surface area contributed by atoms with Crippen LogP contribution in [0.2, 0.25) is 0 Å². The average molecular weight is 196 g/mol. The molecule has 0 amide bonds. The summed E-state index contributed by atoms with van der Waals surface area (Å²) < 4.78 is 0. The Morgan fingerprint density at radius 2 is 2.09 bits per heavy atom. The first-order valence-electron chi connectivity index (χ1n) is 2.90. The number of hydrogen-bond acceptors (Lipinski definition) is 3. The highest BCUT2D eigenvalue weighted by Gasteiger charge is 1.87. The monoisotopic (exact) mass is 195 g/mol. The van der Waals surface area contributed by atoms with E-state index in [0.717, 1.165) is 12.1 Å². The molecule has 1 rings (SSSR count). The van der Waals surface area contributed by atoms with Crippen LogP contribution < -0.4 is 5.73 Å². The lowest BCUT2D eigenvalue weighted by molar-refractivity contribution is 0.866. The van der Waals surface area contributed by atoms with Crippen molar-refractivity contribution >= 4 is 24.8 Å². The van der Waals surface area contributed by atoms with Gasteiger partial charge in [-0.1, -0.05) is 0 Å². The van der Waals surface area contributed by atoms with Crippen LogP contribution in [-0.2, 0) is 6.42 Å². The fourth-order valence-electron chi connectivity index (χ4n) is 0.615. The fraction of sp³-hybridized carbons (Fsp3) is 0.333. The van der Waals surface area contributed by atoms with Crippen molar-refractivity contribution in [3.05, 3.63) is 24.0 Å². The molecule has 64 valence electrons. The van der Waals surface area contributed by atoms with E-state index in [1.165, 1.54) is 0 Å². The molecule has 2 N–H and O–H groups in total. The maximum atomic E-state index is 5.29. The average Bonchev–Trinajstić information content (AvgIpc) is 1.91. The summed E-state index contributed by atoms with van der Waals surface area (Å²) in [6.45, 7) is 0.638. The Balaban J connectivity index is 0. The standard InChI is InChI=1S/C6H9N3.2ClH/c7-4-3-6-2-1-5-8-9-6;;/h1-2,5H,3-4,7H2;2*1H. The van der Waals surface area contributed by atoms with Crippen LogP contribution in [0, 0.1) is 0 Å². The fourth-order valence-corrected chi connectivity index (χ4v) is 0.615. The smallest absolute Gasteiger partial charge is 0.0643 e. The van der Waals surface area contributed by atoms with Gasteiger partial charge in [-0.3, -0.25) is 0 Å². The van der Waals surface area contributed by atoms with Crippen molar-refractivity contribution in [2.75, 3.05) is 6.54 Å². The molecule has 0 saturated heterocycles. The molecule has 0 fully saturated rings. The highest BCUT2D eigenvalue weighted by molar-refractivity contribution is 5.85. The minimum absolute atomic E-state index is 0. The number of hydrogen-bond donors (Lipinski definition) is 1. The quantitative estimate of drug-likeness (QED) is 0.761. The third-order valence-corrected chi connectivity index (χ3v) is 1.03. The summed E-state index contributed by atoms with van der Waals surface area (Å²) >= 11 is 0. The van der Waals surface area contributed by atoms with E-state index in [9.17, 15) is 0 Å². The molecule has 11 heavy (non-hydrogen) atoms. The summed E-state index contributed by atoms with van der Waals surface area (Å²) in [5, 5.41) is 7.54. The number of nitrogens with two attached hydrogens (primary N) is 1. The van der Waals surface area contributed by atoms with Gasteiger partial charge in [0.05, 0.1) is 5.69 Å². The zero-order valence-electron chi connectivity index (χ0n) is 5.93. The van der Waals surface area contributed by atoms with Crippen LogP contribution in [0.5, 0.6) is 0 Å². The predicted molar refractivity (Wildman–Crippen MR) is 49.3 cm³/mol. The van der Waals surface area contributed by atoms with E-state index < -0.39 is 0 Å². The SMILES string of the molecule is Cl.Cl.NCCc1cccnn1. The number of halogens is 2. The Bertz CT molecular complexity index is 169. The molecule has 0 aromatic carbocycles. The largest absolute Gasteiger partial charge is 0.330 e. The van der Waals surface area contributed by atoms with Crippen molar-refractivity contribution in [3.8, 4) is 0 Å². The molecule has 1 aromatic rings. The lowest BCUT2D eigenvalue weighted by atomic mass is 10.3. The molecule has 0 unspecified atom stereocenters. The second kappa shape index (κ2) is 7.72. The first-order valence-corrected chi connectivity index (χ1v) is 2.90. The summed E-state index contributed by atoms with van der Waals surface area (Å²) in [7, 11) is 0. The van der Waals surface area contributed by atoms with Gasteiger partial charge >= 0.3 is 0 Å². The normalized spacial score (nSPS) is 7.73. The molecule has 0 aliphatic carbocycles. The Kier molecular flexibility index (Phi) is 9.29. The molecule has 1 heterocycles. The van der Waals surface area contributed by atoms with Crippen LogP contribution in [0.1, 0.15) is 5.69 Å². The summed E-state index contributed by atoms with van der Waals surface area (Å²) in [5.41, 5.74) is 6.25. The molecule has 0 bridgehead atoms. The third-order valence-electron chi connectivity index (χ3n) is 1.03. The van der Waals surface area contributed by atoms with Crippen molar-refractivity contribution < 1.29 is 0 Å². The molecule has 0 atom stereocenters. The summed E-state index contributed by atoms with van der Waals surface area (Å²) in [4.78, 5) is 0. The van der Waals surface area contributed by atoms with E-state index in [0.29, 0.717) is 6.54 Å². The van der Waals surface area contributed by atoms with Gasteiger partial charge in [0.15, 0.2) is 0 Å². The second-order valence-electron chi connectivity index (χ2n) is 1.75. The maximum absolute atomic E-state index is 5.29. The second-order valence-corrected chi connectivity index (χ2v) is 1.75. The van der Waals surface area contributed by atoms with Crippen molar-refractivity contribution in [1.82, 2.24) is 10.2 Å². The van der Waals surface area contributed by atoms with Gasteiger partial charge in [-0.2, -0.15) is 10.2 Å². The van der Waals surface area contributed by atoms with Crippen LogP contribution in [0.4, 0.5) is 0 Å². The Labute approximate surface area is 78.2 Å². The molecule has 0 radical (unpaired) electrons. The molecule has 5 heteroatoms. The van der Waals surface area contributed by atoms with E-state index in [-0.39, 0.29) is 24.8 Å². The van der Waals surface area contributed by atoms with Crippen molar-refractivity contribution in [2.45, 2.75) is 6.42 Å². The zero-order valence-corrected chi connectivity index (χ0v) is 7.57. The summed E-state index contributed by atoms with van der Waals surface area (Å²) in [6, 6.07) is 3.78. The lowest BCUT2D eigenvalue weighted by Crippen LogP contribution is -2.04. The van der Waals surface area contributed by atoms with Crippen molar-refractivity contribution in [2.24, 2.45) is 5.73 Å². The molecule has 1 aromatic heterocycles. The summed E-state index contributed by atoms with van der Waals surface area (Å²) in [5.74, 6) is 0. The van der Waals surface area contributed by atoms with Gasteiger partial charge in [-0.05, 0) is 18.7 Å². The minimum Gasteiger partial charge on any atom is -0.330 e. The topological polar surface area (TPSA) is 51.8 Å². The first kappa shape index (κ1) is 13.2. The molecular formula is C6H11Cl2N3. The first-order chi connectivity index (χ1) is 4.43. The van der Waals surface area contributed by atoms with Crippen LogP contribution in [0.3, 0.4) is 0 Å². The maximum Gasteiger partial charge on any atom is 0.0643 e. The number of aromatic nitrogens is 2. The van der Waals surface area contributed by atoms with Gasteiger partial charge < -0.3 is 5.73 Å². The van der Waals surface area contributed by atoms with Gasteiger partial charge in [0.2, 0.25) is 0 Å².